The zero-order valence-electron chi connectivity index (χ0n) is 11.4. The Balaban J connectivity index is 2.63. The molecular formula is C15H20O4. The molecule has 0 aliphatic heterocycles. The van der Waals surface area contributed by atoms with Crippen molar-refractivity contribution in [1.82, 2.24) is 0 Å². The van der Waals surface area contributed by atoms with Gasteiger partial charge >= 0.3 is 5.97 Å². The minimum absolute atomic E-state index is 0.233. The summed E-state index contributed by atoms with van der Waals surface area (Å²) < 4.78 is 10.3. The molecule has 4 nitrogen and oxygen atoms in total. The third-order valence-corrected chi connectivity index (χ3v) is 2.72. The fourth-order valence-corrected chi connectivity index (χ4v) is 1.65. The lowest BCUT2D eigenvalue weighted by atomic mass is 10.1. The number of methoxy groups -OCH3 is 1. The molecule has 1 atom stereocenters. The van der Waals surface area contributed by atoms with Gasteiger partial charge in [-0.25, -0.2) is 4.79 Å². The van der Waals surface area contributed by atoms with E-state index in [-0.39, 0.29) is 13.0 Å². The van der Waals surface area contributed by atoms with Crippen LogP contribution in [0.1, 0.15) is 37.9 Å². The number of ketones is 1. The number of benzene rings is 1. The third-order valence-electron chi connectivity index (χ3n) is 2.72. The molecule has 0 unspecified atom stereocenters. The van der Waals surface area contributed by atoms with Crippen molar-refractivity contribution in [2.45, 2.75) is 32.3 Å². The molecule has 0 radical (unpaired) electrons. The van der Waals surface area contributed by atoms with E-state index in [2.05, 4.69) is 0 Å². The Bertz CT molecular complexity index is 400. The fraction of sp³-hybridized carbons (Fsp3) is 0.467. The Labute approximate surface area is 113 Å². The molecular weight excluding hydrogens is 244 g/mol. The molecule has 104 valence electrons. The first-order chi connectivity index (χ1) is 9.19. The van der Waals surface area contributed by atoms with Crippen molar-refractivity contribution >= 4 is 11.8 Å². The molecule has 0 aliphatic rings. The van der Waals surface area contributed by atoms with E-state index < -0.39 is 17.9 Å². The summed E-state index contributed by atoms with van der Waals surface area (Å²) in [5.74, 6) is -1.25. The van der Waals surface area contributed by atoms with Crippen LogP contribution in [0.3, 0.4) is 0 Å². The summed E-state index contributed by atoms with van der Waals surface area (Å²) in [6.07, 6.45) is 1.28. The van der Waals surface area contributed by atoms with E-state index in [1.165, 1.54) is 7.11 Å². The Hall–Kier alpha value is -1.68. The number of Topliss-reactive ketones (excluding diaryl/α,β-unsaturated/α-hetero) is 1. The highest BCUT2D eigenvalue weighted by atomic mass is 16.6. The van der Waals surface area contributed by atoms with Gasteiger partial charge in [0.15, 0.2) is 6.10 Å². The van der Waals surface area contributed by atoms with E-state index in [1.807, 2.05) is 37.3 Å². The van der Waals surface area contributed by atoms with Crippen molar-refractivity contribution in [1.29, 1.82) is 0 Å². The van der Waals surface area contributed by atoms with Crippen LogP contribution in [0.15, 0.2) is 30.3 Å². The molecule has 4 heteroatoms. The molecule has 0 N–H and O–H groups in total. The molecule has 1 aromatic carbocycles. The van der Waals surface area contributed by atoms with Crippen molar-refractivity contribution in [3.8, 4) is 0 Å². The van der Waals surface area contributed by atoms with Crippen LogP contribution in [0.4, 0.5) is 0 Å². The summed E-state index contributed by atoms with van der Waals surface area (Å²) in [5.41, 5.74) is 0.820. The van der Waals surface area contributed by atoms with E-state index in [1.54, 1.807) is 0 Å². The van der Waals surface area contributed by atoms with Crippen molar-refractivity contribution in [2.24, 2.45) is 0 Å². The normalized spacial score (nSPS) is 11.9. The van der Waals surface area contributed by atoms with Gasteiger partial charge in [0.1, 0.15) is 0 Å². The maximum atomic E-state index is 11.7. The van der Waals surface area contributed by atoms with Gasteiger partial charge in [-0.2, -0.15) is 0 Å². The van der Waals surface area contributed by atoms with E-state index >= 15 is 0 Å². The maximum absolute atomic E-state index is 11.7. The predicted octanol–water partition coefficient (Wildman–Crippen LogP) is 2.68. The van der Waals surface area contributed by atoms with Crippen LogP contribution >= 0.6 is 0 Å². The number of ether oxygens (including phenoxy) is 2. The molecule has 0 heterocycles. The second kappa shape index (κ2) is 8.43. The topological polar surface area (TPSA) is 52.6 Å². The number of carbonyl (C=O) groups excluding carboxylic acids is 2. The molecule has 0 aromatic heterocycles. The quantitative estimate of drug-likeness (QED) is 0.535. The highest BCUT2D eigenvalue weighted by molar-refractivity contribution is 6.33. The van der Waals surface area contributed by atoms with E-state index in [9.17, 15) is 9.59 Å². The van der Waals surface area contributed by atoms with Gasteiger partial charge in [0.25, 0.3) is 0 Å². The standard InChI is InChI=1S/C15H20O4/c1-3-4-10-13(16)15(17)19-14(11-18-2)12-8-6-5-7-9-12/h5-9,14H,3-4,10-11H2,1-2H3/t14-/m0/s1. The Morgan fingerprint density at radius 1 is 1.21 bits per heavy atom. The van der Waals surface area contributed by atoms with Gasteiger partial charge in [0.2, 0.25) is 5.78 Å². The molecule has 0 saturated carbocycles. The summed E-state index contributed by atoms with van der Waals surface area (Å²) in [7, 11) is 1.53. The number of hydrogen-bond acceptors (Lipinski definition) is 4. The lowest BCUT2D eigenvalue weighted by Crippen LogP contribution is -2.22. The number of rotatable bonds is 8. The smallest absolute Gasteiger partial charge is 0.375 e. The summed E-state index contributed by atoms with van der Waals surface area (Å²) in [5, 5.41) is 0. The lowest BCUT2D eigenvalue weighted by molar-refractivity contribution is -0.160. The average molecular weight is 264 g/mol. The van der Waals surface area contributed by atoms with Gasteiger partial charge in [0, 0.05) is 13.5 Å². The SMILES string of the molecule is CCCCC(=O)C(=O)O[C@@H](COC)c1ccccc1. The van der Waals surface area contributed by atoms with Gasteiger partial charge in [-0.1, -0.05) is 43.7 Å². The van der Waals surface area contributed by atoms with Crippen LogP contribution in [0.25, 0.3) is 0 Å². The minimum atomic E-state index is -0.778. The van der Waals surface area contributed by atoms with Crippen LogP contribution in [0.5, 0.6) is 0 Å². The second-order valence-corrected chi connectivity index (χ2v) is 4.29. The zero-order valence-corrected chi connectivity index (χ0v) is 11.4. The van der Waals surface area contributed by atoms with Crippen molar-refractivity contribution in [3.63, 3.8) is 0 Å². The molecule has 1 aromatic rings. The van der Waals surface area contributed by atoms with Gasteiger partial charge in [-0.05, 0) is 12.0 Å². The molecule has 0 aliphatic carbocycles. The third kappa shape index (κ3) is 5.22. The maximum Gasteiger partial charge on any atom is 0.375 e. The first kappa shape index (κ1) is 15.4. The number of carbonyl (C=O) groups is 2. The Morgan fingerprint density at radius 2 is 1.89 bits per heavy atom. The lowest BCUT2D eigenvalue weighted by Gasteiger charge is -2.16. The molecule has 0 bridgehead atoms. The molecule has 1 rings (SSSR count). The first-order valence-electron chi connectivity index (χ1n) is 6.46. The monoisotopic (exact) mass is 264 g/mol. The van der Waals surface area contributed by atoms with Crippen molar-refractivity contribution < 1.29 is 19.1 Å². The summed E-state index contributed by atoms with van der Waals surface area (Å²) in [6, 6.07) is 9.26. The second-order valence-electron chi connectivity index (χ2n) is 4.29. The summed E-state index contributed by atoms with van der Waals surface area (Å²) >= 11 is 0. The molecule has 19 heavy (non-hydrogen) atoms. The van der Waals surface area contributed by atoms with Crippen molar-refractivity contribution in [3.05, 3.63) is 35.9 Å². The largest absolute Gasteiger partial charge is 0.449 e. The highest BCUT2D eigenvalue weighted by Crippen LogP contribution is 2.18. The molecule has 0 fully saturated rings. The van der Waals surface area contributed by atoms with Crippen LogP contribution in [0, 0.1) is 0 Å². The van der Waals surface area contributed by atoms with Crippen LogP contribution < -0.4 is 0 Å². The van der Waals surface area contributed by atoms with Gasteiger partial charge < -0.3 is 9.47 Å². The molecule has 0 saturated heterocycles. The Kier molecular flexibility index (Phi) is 6.82. The van der Waals surface area contributed by atoms with Gasteiger partial charge in [-0.3, -0.25) is 4.79 Å². The summed E-state index contributed by atoms with van der Waals surface area (Å²) in [4.78, 5) is 23.2. The number of unbranched alkanes of at least 4 members (excludes halogenated alkanes) is 1. The van der Waals surface area contributed by atoms with Crippen LogP contribution in [-0.4, -0.2) is 25.5 Å². The minimum Gasteiger partial charge on any atom is -0.449 e. The van der Waals surface area contributed by atoms with Crippen LogP contribution in [-0.2, 0) is 19.1 Å². The predicted molar refractivity (Wildman–Crippen MR) is 71.7 cm³/mol. The van der Waals surface area contributed by atoms with Gasteiger partial charge in [-0.15, -0.1) is 0 Å². The van der Waals surface area contributed by atoms with E-state index in [4.69, 9.17) is 9.47 Å². The van der Waals surface area contributed by atoms with E-state index in [0.717, 1.165) is 12.0 Å². The first-order valence-corrected chi connectivity index (χ1v) is 6.46. The summed E-state index contributed by atoms with van der Waals surface area (Å²) in [6.45, 7) is 2.20. The number of esters is 1. The zero-order chi connectivity index (χ0) is 14.1. The Morgan fingerprint density at radius 3 is 2.47 bits per heavy atom. The van der Waals surface area contributed by atoms with Gasteiger partial charge in [0.05, 0.1) is 6.61 Å². The van der Waals surface area contributed by atoms with Crippen molar-refractivity contribution in [2.75, 3.05) is 13.7 Å². The average Bonchev–Trinajstić information content (AvgIpc) is 2.45. The molecule has 0 amide bonds. The van der Waals surface area contributed by atoms with Crippen LogP contribution in [0.2, 0.25) is 0 Å². The number of hydrogen-bond donors (Lipinski definition) is 0. The highest BCUT2D eigenvalue weighted by Gasteiger charge is 2.21. The molecule has 0 spiro atoms. The van der Waals surface area contributed by atoms with E-state index in [0.29, 0.717) is 6.42 Å². The fourth-order valence-electron chi connectivity index (χ4n) is 1.65.